The van der Waals surface area contributed by atoms with Crippen molar-refractivity contribution in [3.05, 3.63) is 86.4 Å². The topological polar surface area (TPSA) is 99.6 Å². The van der Waals surface area contributed by atoms with E-state index in [1.165, 1.54) is 16.6 Å². The maximum atomic E-state index is 13.1. The first-order valence-corrected chi connectivity index (χ1v) is 10.9. The molecule has 0 spiro atoms. The molecule has 2 aromatic carbocycles. The minimum absolute atomic E-state index is 0.0872. The summed E-state index contributed by atoms with van der Waals surface area (Å²) in [6.07, 6.45) is 1.69. The summed E-state index contributed by atoms with van der Waals surface area (Å²) < 4.78 is 6.74. The van der Waals surface area contributed by atoms with E-state index < -0.39 is 11.4 Å². The van der Waals surface area contributed by atoms with Crippen LogP contribution in [-0.4, -0.2) is 27.9 Å². The van der Waals surface area contributed by atoms with Crippen molar-refractivity contribution in [2.24, 2.45) is 12.0 Å². The van der Waals surface area contributed by atoms with Gasteiger partial charge in [0.25, 0.3) is 5.91 Å². The summed E-state index contributed by atoms with van der Waals surface area (Å²) in [5, 5.41) is 2.67. The number of nitrogens with zero attached hydrogens (tertiary/aromatic N) is 3. The number of aryl methyl sites for hydroxylation is 1. The first-order valence-electron chi connectivity index (χ1n) is 9.13. The highest BCUT2D eigenvalue weighted by atomic mass is 79.9. The number of carbonyl (C=O) groups excluding carboxylic acids is 2. The van der Waals surface area contributed by atoms with Gasteiger partial charge in [-0.15, -0.1) is 0 Å². The molecule has 0 unspecified atom stereocenters. The molecule has 0 aliphatic carbocycles. The molecule has 156 valence electrons. The van der Waals surface area contributed by atoms with Crippen LogP contribution in [0.5, 0.6) is 0 Å². The van der Waals surface area contributed by atoms with Gasteiger partial charge in [-0.1, -0.05) is 62.7 Å². The number of nitrogens with one attached hydrogen (secondary N) is 1. The number of halogens is 1. The fourth-order valence-electron chi connectivity index (χ4n) is 2.99. The lowest BCUT2D eigenvalue weighted by atomic mass is 10.2. The molecule has 0 bridgehead atoms. The van der Waals surface area contributed by atoms with Crippen molar-refractivity contribution in [1.29, 1.82) is 0 Å². The highest BCUT2D eigenvalue weighted by molar-refractivity contribution is 9.10. The molecule has 0 saturated carbocycles. The largest absolute Gasteiger partial charge is 0.438 e. The molecule has 0 radical (unpaired) electrons. The summed E-state index contributed by atoms with van der Waals surface area (Å²) >= 11 is 4.50. The Balaban J connectivity index is 1.65. The van der Waals surface area contributed by atoms with Crippen LogP contribution in [0.2, 0.25) is 0 Å². The number of benzene rings is 2. The summed E-state index contributed by atoms with van der Waals surface area (Å²) in [4.78, 5) is 43.4. The van der Waals surface area contributed by atoms with Gasteiger partial charge in [-0.05, 0) is 41.2 Å². The zero-order valence-corrected chi connectivity index (χ0v) is 18.6. The molecule has 3 aromatic rings. The van der Waals surface area contributed by atoms with Crippen LogP contribution < -0.4 is 15.2 Å². The number of thioether (sulfide) groups is 1. The SMILES string of the molecule is C[n+]1[nH]oc(=O)c1C(=O)CSC1=N/C(=C/c2cccc(Br)c2)C(=O)N1c1ccccc1. The van der Waals surface area contributed by atoms with Crippen LogP contribution in [0.3, 0.4) is 0 Å². The zero-order chi connectivity index (χ0) is 22.0. The quantitative estimate of drug-likeness (QED) is 0.330. The number of aliphatic imine (C=N–C) groups is 1. The third-order valence-corrected chi connectivity index (χ3v) is 5.83. The Morgan fingerprint density at radius 3 is 2.68 bits per heavy atom. The van der Waals surface area contributed by atoms with Crippen LogP contribution in [0.4, 0.5) is 5.69 Å². The number of Topliss-reactive ketones (excluding diaryl/α,β-unsaturated/α-hetero) is 1. The van der Waals surface area contributed by atoms with Crippen molar-refractivity contribution >= 4 is 56.3 Å². The van der Waals surface area contributed by atoms with Crippen LogP contribution >= 0.6 is 27.7 Å². The van der Waals surface area contributed by atoms with Crippen LogP contribution in [0.1, 0.15) is 16.1 Å². The second-order valence-corrected chi connectivity index (χ2v) is 8.41. The molecule has 10 heteroatoms. The van der Waals surface area contributed by atoms with Crippen LogP contribution in [0.15, 0.2) is 79.1 Å². The molecule has 0 saturated heterocycles. The monoisotopic (exact) mass is 499 g/mol. The van der Waals surface area contributed by atoms with Gasteiger partial charge in [0.1, 0.15) is 5.70 Å². The van der Waals surface area contributed by atoms with Gasteiger partial charge < -0.3 is 0 Å². The Hall–Kier alpha value is -3.24. The molecule has 8 nitrogen and oxygen atoms in total. The fraction of sp³-hybridized carbons (Fsp3) is 0.0952. The highest BCUT2D eigenvalue weighted by Crippen LogP contribution is 2.29. The van der Waals surface area contributed by atoms with Gasteiger partial charge in [-0.3, -0.25) is 19.0 Å². The van der Waals surface area contributed by atoms with E-state index in [0.717, 1.165) is 21.8 Å². The van der Waals surface area contributed by atoms with E-state index in [4.69, 9.17) is 0 Å². The number of ketones is 1. The number of rotatable bonds is 5. The summed E-state index contributed by atoms with van der Waals surface area (Å²) in [7, 11) is 1.51. The van der Waals surface area contributed by atoms with E-state index in [1.807, 2.05) is 42.5 Å². The van der Waals surface area contributed by atoms with Gasteiger partial charge in [0, 0.05) is 4.47 Å². The smallest absolute Gasteiger partial charge is 0.286 e. The minimum Gasteiger partial charge on any atom is -0.286 e. The number of amides is 1. The van der Waals surface area contributed by atoms with Gasteiger partial charge in [-0.2, -0.15) is 0 Å². The standard InChI is InChI=1S/C21H15BrN4O4S/c1-25-18(20(29)30-24-25)17(27)12-31-21-23-16(11-13-6-5-7-14(22)10-13)19(28)26(21)15-8-3-2-4-9-15/h2-11H,12H2,1H3/p+1/b16-11+. The predicted molar refractivity (Wildman–Crippen MR) is 121 cm³/mol. The average Bonchev–Trinajstić information content (AvgIpc) is 3.25. The second-order valence-electron chi connectivity index (χ2n) is 6.56. The Morgan fingerprint density at radius 2 is 2.00 bits per heavy atom. The normalized spacial score (nSPS) is 14.9. The van der Waals surface area contributed by atoms with Crippen molar-refractivity contribution in [2.75, 3.05) is 10.7 Å². The number of carbonyl (C=O) groups is 2. The predicted octanol–water partition coefficient (Wildman–Crippen LogP) is 2.91. The maximum Gasteiger partial charge on any atom is 0.438 e. The molecule has 1 aliphatic rings. The molecule has 1 amide bonds. The van der Waals surface area contributed by atoms with E-state index in [2.05, 4.69) is 30.7 Å². The molecule has 2 heterocycles. The lowest BCUT2D eigenvalue weighted by molar-refractivity contribution is -0.741. The number of anilines is 1. The number of para-hydroxylation sites is 1. The fourth-order valence-corrected chi connectivity index (χ4v) is 4.29. The van der Waals surface area contributed by atoms with Gasteiger partial charge in [0.05, 0.1) is 11.4 Å². The van der Waals surface area contributed by atoms with Crippen molar-refractivity contribution in [1.82, 2.24) is 5.27 Å². The molecular weight excluding hydrogens is 484 g/mol. The molecule has 1 aliphatic heterocycles. The molecule has 31 heavy (non-hydrogen) atoms. The van der Waals surface area contributed by atoms with Gasteiger partial charge >= 0.3 is 11.3 Å². The molecule has 0 atom stereocenters. The number of aromatic nitrogens is 2. The Labute approximate surface area is 189 Å². The second kappa shape index (κ2) is 8.86. The Morgan fingerprint density at radius 1 is 1.23 bits per heavy atom. The van der Waals surface area contributed by atoms with Crippen molar-refractivity contribution in [3.8, 4) is 0 Å². The van der Waals surface area contributed by atoms with Gasteiger partial charge in [0.15, 0.2) is 12.2 Å². The number of hydrogen-bond acceptors (Lipinski definition) is 6. The first kappa shape index (κ1) is 21.0. The van der Waals surface area contributed by atoms with E-state index in [-0.39, 0.29) is 23.1 Å². The summed E-state index contributed by atoms with van der Waals surface area (Å²) in [5.74, 6) is -0.821. The van der Waals surface area contributed by atoms with E-state index in [0.29, 0.717) is 10.9 Å². The summed E-state index contributed by atoms with van der Waals surface area (Å²) in [6, 6.07) is 16.6. The molecule has 1 aromatic heterocycles. The van der Waals surface area contributed by atoms with Crippen molar-refractivity contribution < 1.29 is 18.8 Å². The van der Waals surface area contributed by atoms with Crippen LogP contribution in [0.25, 0.3) is 6.08 Å². The number of aromatic amines is 1. The molecule has 4 rings (SSSR count). The molecule has 1 N–H and O–H groups in total. The first-order chi connectivity index (χ1) is 14.9. The number of H-pyrrole nitrogens is 1. The Bertz CT molecular complexity index is 1280. The summed E-state index contributed by atoms with van der Waals surface area (Å²) in [5.41, 5.74) is 0.856. The molecule has 0 fully saturated rings. The van der Waals surface area contributed by atoms with Crippen molar-refractivity contribution in [2.45, 2.75) is 0 Å². The third kappa shape index (κ3) is 4.44. The van der Waals surface area contributed by atoms with Gasteiger partial charge in [-0.25, -0.2) is 9.79 Å². The number of amidine groups is 1. The maximum absolute atomic E-state index is 13.1. The van der Waals surface area contributed by atoms with Crippen molar-refractivity contribution in [3.63, 3.8) is 0 Å². The number of hydrogen-bond donors (Lipinski definition) is 1. The van der Waals surface area contributed by atoms with E-state index >= 15 is 0 Å². The zero-order valence-electron chi connectivity index (χ0n) is 16.2. The van der Waals surface area contributed by atoms with Gasteiger partial charge in [0.2, 0.25) is 5.78 Å². The lowest BCUT2D eigenvalue weighted by Gasteiger charge is -2.17. The third-order valence-electron chi connectivity index (χ3n) is 4.40. The minimum atomic E-state index is -0.743. The van der Waals surface area contributed by atoms with Crippen LogP contribution in [-0.2, 0) is 11.8 Å². The summed E-state index contributed by atoms with van der Waals surface area (Å²) in [6.45, 7) is 0. The van der Waals surface area contributed by atoms with E-state index in [1.54, 1.807) is 18.2 Å². The highest BCUT2D eigenvalue weighted by Gasteiger charge is 2.34. The molecular formula is C21H16BrN4O4S+. The van der Waals surface area contributed by atoms with Crippen LogP contribution in [0, 0.1) is 0 Å². The average molecular weight is 500 g/mol. The lowest BCUT2D eigenvalue weighted by Crippen LogP contribution is -2.40. The van der Waals surface area contributed by atoms with E-state index in [9.17, 15) is 14.4 Å². The Kier molecular flexibility index (Phi) is 6.01.